The van der Waals surface area contributed by atoms with Crippen molar-refractivity contribution in [2.24, 2.45) is 0 Å². The normalized spacial score (nSPS) is 10.9. The van der Waals surface area contributed by atoms with E-state index in [0.29, 0.717) is 5.39 Å². The van der Waals surface area contributed by atoms with Gasteiger partial charge >= 0.3 is 0 Å². The first kappa shape index (κ1) is 13.8. The summed E-state index contributed by atoms with van der Waals surface area (Å²) in [6.07, 6.45) is 1.65. The smallest absolute Gasteiger partial charge is 0.240 e. The number of amides is 1. The molecule has 0 aliphatic rings. The number of rotatable bonds is 3. The van der Waals surface area contributed by atoms with E-state index < -0.39 is 0 Å². The summed E-state index contributed by atoms with van der Waals surface area (Å²) in [5.74, 6) is -0.0695. The van der Waals surface area contributed by atoms with Gasteiger partial charge in [-0.05, 0) is 32.0 Å². The van der Waals surface area contributed by atoms with Crippen LogP contribution in [0.3, 0.4) is 0 Å². The molecule has 0 saturated carbocycles. The van der Waals surface area contributed by atoms with E-state index in [-0.39, 0.29) is 23.9 Å². The van der Waals surface area contributed by atoms with Gasteiger partial charge in [0.15, 0.2) is 5.43 Å². The van der Waals surface area contributed by atoms with E-state index in [4.69, 9.17) is 0 Å². The van der Waals surface area contributed by atoms with Gasteiger partial charge in [0.25, 0.3) is 0 Å². The summed E-state index contributed by atoms with van der Waals surface area (Å²) in [4.78, 5) is 23.6. The molecule has 0 aliphatic carbocycles. The Labute approximate surface area is 119 Å². The second-order valence-corrected chi connectivity index (χ2v) is 5.61. The largest absolute Gasteiger partial charge is 0.352 e. The van der Waals surface area contributed by atoms with Crippen LogP contribution in [-0.4, -0.2) is 16.5 Å². The number of fused-ring (bicyclic) bond motifs is 1. The first-order valence-corrected chi connectivity index (χ1v) is 6.85. The number of halogens is 1. The summed E-state index contributed by atoms with van der Waals surface area (Å²) >= 11 is 3.38. The lowest BCUT2D eigenvalue weighted by Crippen LogP contribution is -2.33. The van der Waals surface area contributed by atoms with Crippen molar-refractivity contribution >= 4 is 32.7 Å². The van der Waals surface area contributed by atoms with Gasteiger partial charge in [0, 0.05) is 28.2 Å². The van der Waals surface area contributed by atoms with E-state index in [1.54, 1.807) is 16.8 Å². The second-order valence-electron chi connectivity index (χ2n) is 4.69. The maximum absolute atomic E-state index is 11.8. The Morgan fingerprint density at radius 2 is 2.11 bits per heavy atom. The second kappa shape index (κ2) is 5.57. The topological polar surface area (TPSA) is 51.1 Å². The summed E-state index contributed by atoms with van der Waals surface area (Å²) in [6.45, 7) is 4.03. The van der Waals surface area contributed by atoms with Gasteiger partial charge in [-0.1, -0.05) is 15.9 Å². The number of nitrogens with one attached hydrogen (secondary N) is 1. The van der Waals surface area contributed by atoms with Gasteiger partial charge in [-0.3, -0.25) is 9.59 Å². The number of hydrogen-bond acceptors (Lipinski definition) is 2. The van der Waals surface area contributed by atoms with Gasteiger partial charge in [-0.25, -0.2) is 0 Å². The number of pyridine rings is 1. The fourth-order valence-corrected chi connectivity index (χ4v) is 2.29. The first-order valence-electron chi connectivity index (χ1n) is 6.05. The molecule has 0 unspecified atom stereocenters. The van der Waals surface area contributed by atoms with Crippen molar-refractivity contribution in [3.05, 3.63) is 45.2 Å². The van der Waals surface area contributed by atoms with Crippen molar-refractivity contribution in [1.82, 2.24) is 9.88 Å². The highest BCUT2D eigenvalue weighted by Gasteiger charge is 2.08. The molecule has 0 radical (unpaired) electrons. The van der Waals surface area contributed by atoms with Crippen molar-refractivity contribution in [3.8, 4) is 0 Å². The number of hydrogen-bond donors (Lipinski definition) is 1. The van der Waals surface area contributed by atoms with E-state index in [9.17, 15) is 9.59 Å². The molecular weight excluding hydrogens is 308 g/mol. The molecule has 5 heteroatoms. The molecule has 0 fully saturated rings. The van der Waals surface area contributed by atoms with Crippen molar-refractivity contribution < 1.29 is 4.79 Å². The lowest BCUT2D eigenvalue weighted by molar-refractivity contribution is -0.122. The van der Waals surface area contributed by atoms with Crippen molar-refractivity contribution in [2.45, 2.75) is 26.4 Å². The van der Waals surface area contributed by atoms with E-state index >= 15 is 0 Å². The summed E-state index contributed by atoms with van der Waals surface area (Å²) in [6, 6.07) is 7.02. The minimum atomic E-state index is -0.0695. The van der Waals surface area contributed by atoms with Gasteiger partial charge in [-0.15, -0.1) is 0 Å². The Hall–Kier alpha value is -1.62. The Morgan fingerprint density at radius 1 is 1.37 bits per heavy atom. The molecule has 0 atom stereocenters. The van der Waals surface area contributed by atoms with Gasteiger partial charge in [-0.2, -0.15) is 0 Å². The minimum Gasteiger partial charge on any atom is -0.352 e. The molecule has 0 saturated heterocycles. The van der Waals surface area contributed by atoms with Crippen molar-refractivity contribution in [2.75, 3.05) is 0 Å². The quantitative estimate of drug-likeness (QED) is 0.942. The predicted octanol–water partition coefficient (Wildman–Crippen LogP) is 2.29. The molecule has 1 heterocycles. The van der Waals surface area contributed by atoms with Crippen LogP contribution in [0.25, 0.3) is 10.9 Å². The standard InChI is InChI=1S/C14H15BrN2O2/c1-9(2)16-14(19)8-17-6-5-13(18)11-4-3-10(15)7-12(11)17/h3-7,9H,8H2,1-2H3,(H,16,19). The monoisotopic (exact) mass is 322 g/mol. The van der Waals surface area contributed by atoms with Crippen LogP contribution in [0, 0.1) is 0 Å². The first-order chi connectivity index (χ1) is 8.97. The van der Waals surface area contributed by atoms with Crippen LogP contribution in [0.15, 0.2) is 39.7 Å². The van der Waals surface area contributed by atoms with Crippen LogP contribution < -0.4 is 10.7 Å². The molecule has 100 valence electrons. The molecule has 19 heavy (non-hydrogen) atoms. The summed E-state index contributed by atoms with van der Waals surface area (Å²) < 4.78 is 2.66. The summed E-state index contributed by atoms with van der Waals surface area (Å²) in [5, 5.41) is 3.45. The van der Waals surface area contributed by atoms with Gasteiger partial charge in [0.2, 0.25) is 5.91 Å². The molecule has 0 aliphatic heterocycles. The molecule has 0 spiro atoms. The Morgan fingerprint density at radius 3 is 2.79 bits per heavy atom. The number of nitrogens with zero attached hydrogens (tertiary/aromatic N) is 1. The Kier molecular flexibility index (Phi) is 4.04. The third-order valence-corrected chi connectivity index (χ3v) is 3.20. The van der Waals surface area contributed by atoms with E-state index in [1.165, 1.54) is 6.07 Å². The molecule has 1 amide bonds. The van der Waals surface area contributed by atoms with Crippen LogP contribution in [0.1, 0.15) is 13.8 Å². The maximum atomic E-state index is 11.8. The zero-order valence-electron chi connectivity index (χ0n) is 10.8. The van der Waals surface area contributed by atoms with Crippen molar-refractivity contribution in [3.63, 3.8) is 0 Å². The number of carbonyl (C=O) groups is 1. The number of aromatic nitrogens is 1. The third kappa shape index (κ3) is 3.23. The zero-order chi connectivity index (χ0) is 14.0. The van der Waals surface area contributed by atoms with Gasteiger partial charge in [0.1, 0.15) is 6.54 Å². The lowest BCUT2D eigenvalue weighted by atomic mass is 10.2. The summed E-state index contributed by atoms with van der Waals surface area (Å²) in [5.41, 5.74) is 0.712. The van der Waals surface area contributed by atoms with Crippen LogP contribution in [0.2, 0.25) is 0 Å². The molecule has 2 rings (SSSR count). The molecular formula is C14H15BrN2O2. The third-order valence-electron chi connectivity index (χ3n) is 2.70. The van der Waals surface area contributed by atoms with Crippen LogP contribution in [0.4, 0.5) is 0 Å². The number of benzene rings is 1. The molecule has 0 bridgehead atoms. The fraction of sp³-hybridized carbons (Fsp3) is 0.286. The average Bonchev–Trinajstić information content (AvgIpc) is 2.32. The highest BCUT2D eigenvalue weighted by molar-refractivity contribution is 9.10. The van der Waals surface area contributed by atoms with Crippen LogP contribution in [-0.2, 0) is 11.3 Å². The summed E-state index contributed by atoms with van der Waals surface area (Å²) in [7, 11) is 0. The van der Waals surface area contributed by atoms with E-state index in [2.05, 4.69) is 21.2 Å². The SMILES string of the molecule is CC(C)NC(=O)Cn1ccc(=O)c2ccc(Br)cc21. The maximum Gasteiger partial charge on any atom is 0.240 e. The highest BCUT2D eigenvalue weighted by atomic mass is 79.9. The highest BCUT2D eigenvalue weighted by Crippen LogP contribution is 2.17. The molecule has 2 aromatic rings. The number of carbonyl (C=O) groups excluding carboxylic acids is 1. The fourth-order valence-electron chi connectivity index (χ4n) is 1.94. The van der Waals surface area contributed by atoms with Gasteiger partial charge < -0.3 is 9.88 Å². The van der Waals surface area contributed by atoms with Gasteiger partial charge in [0.05, 0.1) is 5.52 Å². The van der Waals surface area contributed by atoms with E-state index in [0.717, 1.165) is 9.99 Å². The van der Waals surface area contributed by atoms with Crippen LogP contribution in [0.5, 0.6) is 0 Å². The van der Waals surface area contributed by atoms with Crippen molar-refractivity contribution in [1.29, 1.82) is 0 Å². The minimum absolute atomic E-state index is 0.0389. The van der Waals surface area contributed by atoms with E-state index in [1.807, 2.05) is 26.0 Å². The average molecular weight is 323 g/mol. The van der Waals surface area contributed by atoms with Crippen LogP contribution >= 0.6 is 15.9 Å². The lowest BCUT2D eigenvalue weighted by Gasteiger charge is -2.13. The molecule has 1 aromatic heterocycles. The molecule has 1 N–H and O–H groups in total. The Bertz CT molecular complexity index is 677. The molecule has 1 aromatic carbocycles. The Balaban J connectivity index is 2.44. The predicted molar refractivity (Wildman–Crippen MR) is 79.2 cm³/mol. The molecule has 4 nitrogen and oxygen atoms in total. The zero-order valence-corrected chi connectivity index (χ0v) is 12.4.